The Balaban J connectivity index is 1.66. The van der Waals surface area contributed by atoms with Crippen LogP contribution in [-0.2, 0) is 16.0 Å². The maximum absolute atomic E-state index is 12.5. The Morgan fingerprint density at radius 1 is 1.35 bits per heavy atom. The minimum Gasteiger partial charge on any atom is -0.469 e. The Kier molecular flexibility index (Phi) is 4.71. The summed E-state index contributed by atoms with van der Waals surface area (Å²) < 4.78 is 5.21. The van der Waals surface area contributed by atoms with E-state index in [1.54, 1.807) is 35.1 Å². The van der Waals surface area contributed by atoms with Crippen molar-refractivity contribution in [3.05, 3.63) is 54.0 Å². The van der Waals surface area contributed by atoms with Crippen molar-refractivity contribution in [3.63, 3.8) is 0 Å². The van der Waals surface area contributed by atoms with Crippen molar-refractivity contribution in [3.8, 4) is 0 Å². The first kappa shape index (κ1) is 15.7. The van der Waals surface area contributed by atoms with Gasteiger partial charge in [0, 0.05) is 11.4 Å². The predicted molar refractivity (Wildman–Crippen MR) is 90.2 cm³/mol. The number of furan rings is 1. The molecule has 120 valence electrons. The Morgan fingerprint density at radius 2 is 2.22 bits per heavy atom. The first-order valence-electron chi connectivity index (χ1n) is 7.40. The molecule has 1 aliphatic rings. The van der Waals surface area contributed by atoms with E-state index in [1.807, 2.05) is 31.2 Å². The van der Waals surface area contributed by atoms with Crippen molar-refractivity contribution in [1.29, 1.82) is 0 Å². The number of carbonyl (C=O) groups excluding carboxylic acids is 2. The summed E-state index contributed by atoms with van der Waals surface area (Å²) >= 11 is 1.59. The summed E-state index contributed by atoms with van der Waals surface area (Å²) in [5.74, 6) is 1.53. The highest BCUT2D eigenvalue weighted by Gasteiger charge is 2.34. The number of nitrogens with one attached hydrogen (secondary N) is 1. The standard InChI is InChI=1S/C17H18N2O3S/c1-12-4-2-5-13(8-12)18-17(21)15-10-23-11-19(15)16(20)9-14-6-3-7-22-14/h2-8,15H,9-11H2,1H3,(H,18,21)/t15-/m0/s1. The number of hydrogen-bond donors (Lipinski definition) is 1. The number of hydrogen-bond acceptors (Lipinski definition) is 4. The monoisotopic (exact) mass is 330 g/mol. The zero-order chi connectivity index (χ0) is 16.2. The molecule has 1 atom stereocenters. The van der Waals surface area contributed by atoms with Gasteiger partial charge in [-0.05, 0) is 36.8 Å². The number of carbonyl (C=O) groups is 2. The highest BCUT2D eigenvalue weighted by molar-refractivity contribution is 7.99. The smallest absolute Gasteiger partial charge is 0.248 e. The fraction of sp³-hybridized carbons (Fsp3) is 0.294. The molecular weight excluding hydrogens is 312 g/mol. The number of aryl methyl sites for hydroxylation is 1. The van der Waals surface area contributed by atoms with E-state index in [-0.39, 0.29) is 18.2 Å². The summed E-state index contributed by atoms with van der Waals surface area (Å²) in [7, 11) is 0. The largest absolute Gasteiger partial charge is 0.469 e. The molecule has 2 amide bonds. The number of amides is 2. The molecule has 0 aliphatic carbocycles. The van der Waals surface area contributed by atoms with Crippen molar-refractivity contribution < 1.29 is 14.0 Å². The van der Waals surface area contributed by atoms with Gasteiger partial charge in [-0.15, -0.1) is 11.8 Å². The molecule has 2 aromatic rings. The van der Waals surface area contributed by atoms with Gasteiger partial charge in [0.15, 0.2) is 0 Å². The van der Waals surface area contributed by atoms with Crippen LogP contribution in [0.5, 0.6) is 0 Å². The molecule has 23 heavy (non-hydrogen) atoms. The van der Waals surface area contributed by atoms with Gasteiger partial charge in [-0.25, -0.2) is 0 Å². The molecule has 6 heteroatoms. The Morgan fingerprint density at radius 3 is 2.96 bits per heavy atom. The molecule has 0 unspecified atom stereocenters. The summed E-state index contributed by atoms with van der Waals surface area (Å²) in [6, 6.07) is 10.7. The van der Waals surface area contributed by atoms with Gasteiger partial charge in [-0.2, -0.15) is 0 Å². The molecule has 0 saturated carbocycles. The van der Waals surface area contributed by atoms with Crippen molar-refractivity contribution in [1.82, 2.24) is 4.90 Å². The van der Waals surface area contributed by atoms with E-state index < -0.39 is 6.04 Å². The molecule has 1 aromatic carbocycles. The van der Waals surface area contributed by atoms with E-state index >= 15 is 0 Å². The van der Waals surface area contributed by atoms with E-state index in [0.717, 1.165) is 11.3 Å². The summed E-state index contributed by atoms with van der Waals surface area (Å²) in [5.41, 5.74) is 1.83. The first-order valence-corrected chi connectivity index (χ1v) is 8.56. The number of rotatable bonds is 4. The SMILES string of the molecule is Cc1cccc(NC(=O)[C@@H]2CSCN2C(=O)Cc2ccco2)c1. The van der Waals surface area contributed by atoms with Gasteiger partial charge in [0.1, 0.15) is 11.8 Å². The number of nitrogens with zero attached hydrogens (tertiary/aromatic N) is 1. The molecule has 1 aliphatic heterocycles. The lowest BCUT2D eigenvalue weighted by atomic mass is 10.2. The molecule has 3 rings (SSSR count). The number of thioether (sulfide) groups is 1. The Bertz CT molecular complexity index is 700. The molecule has 0 spiro atoms. The molecule has 0 radical (unpaired) electrons. The van der Waals surface area contributed by atoms with Crippen LogP contribution in [0.15, 0.2) is 47.1 Å². The predicted octanol–water partition coefficient (Wildman–Crippen LogP) is 2.67. The van der Waals surface area contributed by atoms with Gasteiger partial charge in [0.05, 0.1) is 18.6 Å². The third kappa shape index (κ3) is 3.76. The lowest BCUT2D eigenvalue weighted by Gasteiger charge is -2.22. The normalized spacial score (nSPS) is 17.3. The average Bonchev–Trinajstić information content (AvgIpc) is 3.18. The quantitative estimate of drug-likeness (QED) is 0.936. The van der Waals surface area contributed by atoms with Crippen LogP contribution in [0.3, 0.4) is 0 Å². The van der Waals surface area contributed by atoms with Gasteiger partial charge in [-0.3, -0.25) is 9.59 Å². The van der Waals surface area contributed by atoms with Gasteiger partial charge < -0.3 is 14.6 Å². The molecular formula is C17H18N2O3S. The highest BCUT2D eigenvalue weighted by atomic mass is 32.2. The number of benzene rings is 1. The fourth-order valence-electron chi connectivity index (χ4n) is 2.52. The van der Waals surface area contributed by atoms with Crippen molar-refractivity contribution in [2.45, 2.75) is 19.4 Å². The van der Waals surface area contributed by atoms with E-state index in [9.17, 15) is 9.59 Å². The van der Waals surface area contributed by atoms with Crippen LogP contribution in [0, 0.1) is 6.92 Å². The Hall–Kier alpha value is -2.21. The van der Waals surface area contributed by atoms with Crippen LogP contribution in [0.1, 0.15) is 11.3 Å². The second-order valence-electron chi connectivity index (χ2n) is 5.49. The van der Waals surface area contributed by atoms with E-state index in [4.69, 9.17) is 4.42 Å². The van der Waals surface area contributed by atoms with Gasteiger partial charge in [0.25, 0.3) is 0 Å². The van der Waals surface area contributed by atoms with E-state index in [2.05, 4.69) is 5.32 Å². The third-order valence-electron chi connectivity index (χ3n) is 3.70. The van der Waals surface area contributed by atoms with Crippen LogP contribution >= 0.6 is 11.8 Å². The van der Waals surface area contributed by atoms with Crippen LogP contribution < -0.4 is 5.32 Å². The number of anilines is 1. The molecule has 1 fully saturated rings. The lowest BCUT2D eigenvalue weighted by molar-refractivity contribution is -0.135. The third-order valence-corrected chi connectivity index (χ3v) is 4.71. The van der Waals surface area contributed by atoms with Crippen LogP contribution in [0.4, 0.5) is 5.69 Å². The zero-order valence-electron chi connectivity index (χ0n) is 12.8. The van der Waals surface area contributed by atoms with Gasteiger partial charge in [-0.1, -0.05) is 12.1 Å². The second-order valence-corrected chi connectivity index (χ2v) is 6.49. The molecule has 1 N–H and O–H groups in total. The summed E-state index contributed by atoms with van der Waals surface area (Å²) in [4.78, 5) is 26.5. The highest BCUT2D eigenvalue weighted by Crippen LogP contribution is 2.23. The molecule has 0 bridgehead atoms. The molecule has 1 saturated heterocycles. The maximum Gasteiger partial charge on any atom is 0.248 e. The van der Waals surface area contributed by atoms with Gasteiger partial charge >= 0.3 is 0 Å². The molecule has 2 heterocycles. The van der Waals surface area contributed by atoms with Crippen LogP contribution in [0.2, 0.25) is 0 Å². The Labute approximate surface area is 139 Å². The molecule has 5 nitrogen and oxygen atoms in total. The average molecular weight is 330 g/mol. The molecule has 1 aromatic heterocycles. The summed E-state index contributed by atoms with van der Waals surface area (Å²) in [5, 5.41) is 2.90. The second kappa shape index (κ2) is 6.91. The van der Waals surface area contributed by atoms with Crippen LogP contribution in [0.25, 0.3) is 0 Å². The zero-order valence-corrected chi connectivity index (χ0v) is 13.6. The van der Waals surface area contributed by atoms with Crippen LogP contribution in [-0.4, -0.2) is 34.4 Å². The summed E-state index contributed by atoms with van der Waals surface area (Å²) in [6.07, 6.45) is 1.73. The van der Waals surface area contributed by atoms with E-state index in [1.165, 1.54) is 0 Å². The van der Waals surface area contributed by atoms with Crippen molar-refractivity contribution in [2.24, 2.45) is 0 Å². The maximum atomic E-state index is 12.5. The lowest BCUT2D eigenvalue weighted by Crippen LogP contribution is -2.45. The minimum atomic E-state index is -0.442. The summed E-state index contributed by atoms with van der Waals surface area (Å²) in [6.45, 7) is 1.97. The first-order chi connectivity index (χ1) is 11.1. The van der Waals surface area contributed by atoms with E-state index in [0.29, 0.717) is 17.4 Å². The minimum absolute atomic E-state index is 0.0886. The van der Waals surface area contributed by atoms with Crippen molar-refractivity contribution >= 4 is 29.3 Å². The topological polar surface area (TPSA) is 62.6 Å². The van der Waals surface area contributed by atoms with Crippen molar-refractivity contribution in [2.75, 3.05) is 16.9 Å². The fourth-order valence-corrected chi connectivity index (χ4v) is 3.70. The van der Waals surface area contributed by atoms with Gasteiger partial charge in [0.2, 0.25) is 11.8 Å².